The number of nitrogen functional groups attached to an aromatic ring is 1. The highest BCUT2D eigenvalue weighted by Gasteiger charge is 2.39. The Kier molecular flexibility index (Phi) is 6.59. The maximum absolute atomic E-state index is 12.9. The van der Waals surface area contributed by atoms with E-state index in [9.17, 15) is 4.79 Å². The van der Waals surface area contributed by atoms with Crippen LogP contribution in [0.1, 0.15) is 38.3 Å². The zero-order chi connectivity index (χ0) is 27.0. The number of hydrogen-bond donors (Lipinski definition) is 1. The molecule has 2 aliphatic rings. The number of hydrogen-bond acceptors (Lipinski definition) is 8. The van der Waals surface area contributed by atoms with E-state index in [1.807, 2.05) is 56.8 Å². The second kappa shape index (κ2) is 9.87. The summed E-state index contributed by atoms with van der Waals surface area (Å²) in [5, 5.41) is 4.72. The number of amides is 1. The molecule has 2 N–H and O–H groups in total. The molecule has 1 amide bonds. The molecule has 0 aliphatic carbocycles. The Morgan fingerprint density at radius 1 is 1.26 bits per heavy atom. The molecule has 2 atom stereocenters. The molecular formula is C27H31N8O3+. The summed E-state index contributed by atoms with van der Waals surface area (Å²) in [6, 6.07) is 5.74. The maximum Gasteiger partial charge on any atom is 0.410 e. The van der Waals surface area contributed by atoms with Crippen LogP contribution in [-0.4, -0.2) is 79.0 Å². The highest BCUT2D eigenvalue weighted by atomic mass is 16.6. The number of ether oxygens (including phenoxy) is 2. The molecular weight excluding hydrogens is 484 g/mol. The standard InChI is InChI=1S/C27H31N8O3/c1-27(2,3)38-26(36)34-12-18(10-19(34)14-37-5)13-35-25-23(24(28)29-15-30-25)21(32-35)9-7-17-6-8-20-22(11-17)33(4)16-31-20/h6,8,11,13,15-16,18-19H,10,12,14H2,1-5H3,(H2,28,29,30)/q+1/b35-13+/t18?,19-/m1/s1. The van der Waals surface area contributed by atoms with Crippen molar-refractivity contribution in [2.75, 3.05) is 26.0 Å². The molecule has 196 valence electrons. The number of aryl methyl sites for hydroxylation is 1. The predicted octanol–water partition coefficient (Wildman–Crippen LogP) is 2.70. The first-order valence-electron chi connectivity index (χ1n) is 12.4. The third-order valence-electron chi connectivity index (χ3n) is 6.35. The molecule has 11 nitrogen and oxygen atoms in total. The summed E-state index contributed by atoms with van der Waals surface area (Å²) >= 11 is 0. The molecule has 0 saturated carbocycles. The first kappa shape index (κ1) is 25.4. The van der Waals surface area contributed by atoms with E-state index in [4.69, 9.17) is 20.3 Å². The summed E-state index contributed by atoms with van der Waals surface area (Å²) in [6.07, 6.45) is 5.47. The molecule has 5 rings (SSSR count). The van der Waals surface area contributed by atoms with Crippen molar-refractivity contribution in [2.45, 2.75) is 38.8 Å². The van der Waals surface area contributed by atoms with Crippen LogP contribution >= 0.6 is 0 Å². The van der Waals surface area contributed by atoms with Crippen LogP contribution in [0.15, 0.2) is 36.0 Å². The van der Waals surface area contributed by atoms with E-state index in [1.165, 1.54) is 6.33 Å². The van der Waals surface area contributed by atoms with Gasteiger partial charge in [-0.05, 0) is 56.3 Å². The number of fused-ring (bicyclic) bond motifs is 2. The Morgan fingerprint density at radius 2 is 2.08 bits per heavy atom. The van der Waals surface area contributed by atoms with Crippen LogP contribution in [0, 0.1) is 17.8 Å². The molecule has 11 heteroatoms. The number of anilines is 1. The van der Waals surface area contributed by atoms with Gasteiger partial charge in [0.25, 0.3) is 0 Å². The molecule has 3 aromatic rings. The van der Waals surface area contributed by atoms with Gasteiger partial charge in [-0.2, -0.15) is 4.98 Å². The molecule has 1 fully saturated rings. The first-order chi connectivity index (χ1) is 18.1. The molecule has 2 aliphatic heterocycles. The topological polar surface area (TPSA) is 124 Å². The normalized spacial score (nSPS) is 19.9. The number of nitrogens with zero attached hydrogens (tertiary/aromatic N) is 7. The number of carbonyl (C=O) groups is 1. The first-order valence-corrected chi connectivity index (χ1v) is 12.4. The third kappa shape index (κ3) is 5.08. The van der Waals surface area contributed by atoms with Crippen molar-refractivity contribution in [3.05, 3.63) is 42.0 Å². The van der Waals surface area contributed by atoms with E-state index < -0.39 is 5.60 Å². The number of likely N-dealkylation sites (tertiary alicyclic amines) is 1. The van der Waals surface area contributed by atoms with Crippen molar-refractivity contribution < 1.29 is 19.0 Å². The van der Waals surface area contributed by atoms with Gasteiger partial charge in [-0.25, -0.2) is 9.78 Å². The third-order valence-corrected chi connectivity index (χ3v) is 6.35. The van der Waals surface area contributed by atoms with Crippen molar-refractivity contribution in [3.63, 3.8) is 0 Å². The number of benzene rings is 1. The summed E-state index contributed by atoms with van der Waals surface area (Å²) in [5.74, 6) is 7.20. The quantitative estimate of drug-likeness (QED) is 0.420. The Balaban J connectivity index is 1.45. The predicted molar refractivity (Wildman–Crippen MR) is 143 cm³/mol. The van der Waals surface area contributed by atoms with Crippen LogP contribution in [0.5, 0.6) is 0 Å². The van der Waals surface area contributed by atoms with Gasteiger partial charge in [0.1, 0.15) is 17.6 Å². The summed E-state index contributed by atoms with van der Waals surface area (Å²) < 4.78 is 14.6. The van der Waals surface area contributed by atoms with E-state index in [-0.39, 0.29) is 18.1 Å². The fourth-order valence-corrected chi connectivity index (χ4v) is 4.68. The minimum Gasteiger partial charge on any atom is -0.444 e. The van der Waals surface area contributed by atoms with Crippen LogP contribution in [-0.2, 0) is 16.5 Å². The lowest BCUT2D eigenvalue weighted by molar-refractivity contribution is -0.442. The molecule has 38 heavy (non-hydrogen) atoms. The second-order valence-electron chi connectivity index (χ2n) is 10.4. The monoisotopic (exact) mass is 515 g/mol. The number of methoxy groups -OCH3 is 1. The van der Waals surface area contributed by atoms with Crippen molar-refractivity contribution in [2.24, 2.45) is 18.1 Å². The van der Waals surface area contributed by atoms with Gasteiger partial charge < -0.3 is 24.7 Å². The molecule has 4 heterocycles. The van der Waals surface area contributed by atoms with Crippen molar-refractivity contribution in [3.8, 4) is 11.8 Å². The number of rotatable bonds is 3. The smallest absolute Gasteiger partial charge is 0.410 e. The molecule has 2 aromatic heterocycles. The lowest BCUT2D eigenvalue weighted by Gasteiger charge is -2.28. The van der Waals surface area contributed by atoms with E-state index in [0.29, 0.717) is 42.5 Å². The van der Waals surface area contributed by atoms with E-state index in [0.717, 1.165) is 16.6 Å². The Labute approximate surface area is 221 Å². The van der Waals surface area contributed by atoms with E-state index >= 15 is 0 Å². The average molecular weight is 516 g/mol. The Hall–Kier alpha value is -4.30. The fraction of sp³-hybridized carbons (Fsp3) is 0.407. The largest absolute Gasteiger partial charge is 0.444 e. The van der Waals surface area contributed by atoms with Crippen molar-refractivity contribution >= 4 is 40.7 Å². The Bertz CT molecular complexity index is 1520. The number of nitrogens with two attached hydrogens (primary N) is 1. The number of aromatic nitrogens is 4. The summed E-state index contributed by atoms with van der Waals surface area (Å²) in [7, 11) is 3.57. The number of hydrazone groups is 1. The van der Waals surface area contributed by atoms with Gasteiger partial charge in [-0.3, -0.25) is 0 Å². The average Bonchev–Trinajstić information content (AvgIpc) is 3.54. The minimum absolute atomic E-state index is 0.00462. The minimum atomic E-state index is -0.585. The van der Waals surface area contributed by atoms with Crippen LogP contribution in [0.4, 0.5) is 16.4 Å². The summed E-state index contributed by atoms with van der Waals surface area (Å²) in [6.45, 7) is 6.45. The molecule has 0 radical (unpaired) electrons. The van der Waals surface area contributed by atoms with Crippen LogP contribution in [0.25, 0.3) is 11.0 Å². The van der Waals surface area contributed by atoms with Gasteiger partial charge in [0, 0.05) is 32.2 Å². The van der Waals surface area contributed by atoms with Gasteiger partial charge in [-0.15, -0.1) is 4.68 Å². The number of imidazole rings is 1. The van der Waals surface area contributed by atoms with Crippen LogP contribution < -0.4 is 5.73 Å². The molecule has 1 saturated heterocycles. The van der Waals surface area contributed by atoms with Gasteiger partial charge in [0.2, 0.25) is 6.33 Å². The summed E-state index contributed by atoms with van der Waals surface area (Å²) in [4.78, 5) is 27.5. The van der Waals surface area contributed by atoms with Crippen molar-refractivity contribution in [1.82, 2.24) is 24.4 Å². The van der Waals surface area contributed by atoms with Gasteiger partial charge in [-0.1, -0.05) is 11.0 Å². The lowest BCUT2D eigenvalue weighted by atomic mass is 10.1. The molecule has 0 spiro atoms. The Morgan fingerprint density at radius 3 is 2.84 bits per heavy atom. The van der Waals surface area contributed by atoms with Crippen molar-refractivity contribution in [1.29, 1.82) is 0 Å². The van der Waals surface area contributed by atoms with Gasteiger partial charge in [0.15, 0.2) is 11.3 Å². The SMILES string of the molecule is COC[C@H]1CC(/C=[N+]2/N=C(C#Cc3ccc4ncn(C)c4c3)c3c(N)ncnc32)CN1C(=O)OC(C)(C)C. The fourth-order valence-electron chi connectivity index (χ4n) is 4.68. The molecule has 1 unspecified atom stereocenters. The zero-order valence-corrected chi connectivity index (χ0v) is 22.2. The maximum atomic E-state index is 12.9. The highest BCUT2D eigenvalue weighted by Crippen LogP contribution is 2.30. The summed E-state index contributed by atoms with van der Waals surface area (Å²) in [5.41, 5.74) is 9.44. The van der Waals surface area contributed by atoms with Gasteiger partial charge >= 0.3 is 11.9 Å². The highest BCUT2D eigenvalue weighted by molar-refractivity contribution is 6.18. The zero-order valence-electron chi connectivity index (χ0n) is 22.2. The molecule has 0 bridgehead atoms. The lowest BCUT2D eigenvalue weighted by Crippen LogP contribution is -2.41. The van der Waals surface area contributed by atoms with Crippen LogP contribution in [0.2, 0.25) is 0 Å². The van der Waals surface area contributed by atoms with E-state index in [1.54, 1.807) is 23.0 Å². The van der Waals surface area contributed by atoms with E-state index in [2.05, 4.69) is 26.8 Å². The molecule has 1 aromatic carbocycles. The second-order valence-corrected chi connectivity index (χ2v) is 10.4. The van der Waals surface area contributed by atoms with Gasteiger partial charge in [0.05, 0.1) is 30.0 Å². The number of carbonyl (C=O) groups excluding carboxylic acids is 1. The van der Waals surface area contributed by atoms with Crippen LogP contribution in [0.3, 0.4) is 0 Å².